The number of hydrogen-bond acceptors (Lipinski definition) is 8. The molecule has 1 fully saturated rings. The maximum absolute atomic E-state index is 5.45. The molecule has 0 bridgehead atoms. The van der Waals surface area contributed by atoms with Gasteiger partial charge in [-0.1, -0.05) is 6.07 Å². The van der Waals surface area contributed by atoms with Crippen molar-refractivity contribution in [2.45, 2.75) is 24.3 Å². The first kappa shape index (κ1) is 18.1. The van der Waals surface area contributed by atoms with E-state index in [2.05, 4.69) is 27.8 Å². The Morgan fingerprint density at radius 1 is 1.14 bits per heavy atom. The molecule has 2 aromatic heterocycles. The van der Waals surface area contributed by atoms with Crippen molar-refractivity contribution in [3.05, 3.63) is 45.9 Å². The lowest BCUT2D eigenvalue weighted by molar-refractivity contribution is 0.0342. The van der Waals surface area contributed by atoms with E-state index in [0.29, 0.717) is 5.95 Å². The lowest BCUT2D eigenvalue weighted by Crippen LogP contribution is -2.35. The molecule has 0 spiro atoms. The molecule has 1 saturated heterocycles. The van der Waals surface area contributed by atoms with Crippen LogP contribution in [0.2, 0.25) is 0 Å². The highest BCUT2D eigenvalue weighted by atomic mass is 32.1. The van der Waals surface area contributed by atoms with Crippen molar-refractivity contribution in [2.75, 3.05) is 31.6 Å². The summed E-state index contributed by atoms with van der Waals surface area (Å²) in [5.74, 6) is 0.591. The first-order valence-electron chi connectivity index (χ1n) is 9.45. The first-order valence-corrected chi connectivity index (χ1v) is 10.7. The fraction of sp³-hybridized carbons (Fsp3) is 0.350. The van der Waals surface area contributed by atoms with Gasteiger partial charge in [-0.05, 0) is 36.6 Å². The third-order valence-electron chi connectivity index (χ3n) is 5.02. The predicted octanol–water partition coefficient (Wildman–Crippen LogP) is 3.56. The normalized spacial score (nSPS) is 16.5. The average molecular weight is 412 g/mol. The smallest absolute Gasteiger partial charge is 0.227 e. The number of morpholine rings is 1. The minimum atomic E-state index is 0.591. The van der Waals surface area contributed by atoms with Crippen molar-refractivity contribution in [1.82, 2.24) is 19.9 Å². The molecule has 144 valence electrons. The third kappa shape index (κ3) is 3.77. The number of nitrogens with zero attached hydrogens (tertiary/aromatic N) is 4. The Morgan fingerprint density at radius 3 is 2.89 bits per heavy atom. The van der Waals surface area contributed by atoms with Gasteiger partial charge in [0.05, 0.1) is 25.5 Å². The van der Waals surface area contributed by atoms with Gasteiger partial charge in [0, 0.05) is 34.7 Å². The van der Waals surface area contributed by atoms with Crippen molar-refractivity contribution in [3.63, 3.8) is 0 Å². The summed E-state index contributed by atoms with van der Waals surface area (Å²) in [4.78, 5) is 18.9. The Kier molecular flexibility index (Phi) is 5.02. The number of aryl methyl sites for hydroxylation is 2. The van der Waals surface area contributed by atoms with Crippen LogP contribution in [-0.2, 0) is 24.1 Å². The molecule has 3 aromatic rings. The molecule has 2 aliphatic rings. The summed E-state index contributed by atoms with van der Waals surface area (Å²) in [5.41, 5.74) is 4.09. The number of fused-ring (bicyclic) bond motifs is 3. The molecule has 6 nitrogen and oxygen atoms in total. The molecular weight excluding hydrogens is 390 g/mol. The fourth-order valence-electron chi connectivity index (χ4n) is 3.59. The number of hydrogen-bond donors (Lipinski definition) is 2. The summed E-state index contributed by atoms with van der Waals surface area (Å²) in [6.07, 6.45) is 3.91. The number of anilines is 2. The Balaban J connectivity index is 1.41. The molecule has 1 aliphatic carbocycles. The van der Waals surface area contributed by atoms with E-state index in [9.17, 15) is 0 Å². The number of benzene rings is 1. The highest BCUT2D eigenvalue weighted by Crippen LogP contribution is 2.36. The van der Waals surface area contributed by atoms with Gasteiger partial charge >= 0.3 is 0 Å². The topological polar surface area (TPSA) is 63.2 Å². The SMILES string of the molecule is Sc1cccc(Nc2ncc3c(n2)-c2nc(CN4CCOCC4)sc2CC3)c1. The van der Waals surface area contributed by atoms with E-state index in [4.69, 9.17) is 14.7 Å². The number of rotatable bonds is 4. The van der Waals surface area contributed by atoms with E-state index < -0.39 is 0 Å². The molecule has 0 saturated carbocycles. The average Bonchev–Trinajstić information content (AvgIpc) is 3.12. The highest BCUT2D eigenvalue weighted by Gasteiger charge is 2.24. The summed E-state index contributed by atoms with van der Waals surface area (Å²) < 4.78 is 5.45. The molecular formula is C20H21N5OS2. The largest absolute Gasteiger partial charge is 0.379 e. The Labute approximate surface area is 173 Å². The summed E-state index contributed by atoms with van der Waals surface area (Å²) in [5, 5.41) is 4.44. The van der Waals surface area contributed by atoms with E-state index in [1.54, 1.807) is 0 Å². The molecule has 5 rings (SSSR count). The van der Waals surface area contributed by atoms with Gasteiger partial charge in [0.1, 0.15) is 10.7 Å². The molecule has 8 heteroatoms. The van der Waals surface area contributed by atoms with E-state index in [1.165, 1.54) is 10.4 Å². The monoisotopic (exact) mass is 411 g/mol. The van der Waals surface area contributed by atoms with Gasteiger partial charge in [-0.2, -0.15) is 0 Å². The minimum absolute atomic E-state index is 0.591. The second-order valence-corrected chi connectivity index (χ2v) is 8.70. The van der Waals surface area contributed by atoms with Crippen LogP contribution in [-0.4, -0.2) is 46.2 Å². The van der Waals surface area contributed by atoms with Crippen LogP contribution in [0.25, 0.3) is 11.4 Å². The molecule has 28 heavy (non-hydrogen) atoms. The Bertz CT molecular complexity index is 1000. The third-order valence-corrected chi connectivity index (χ3v) is 6.39. The van der Waals surface area contributed by atoms with Gasteiger partial charge in [0.25, 0.3) is 0 Å². The molecule has 0 atom stereocenters. The van der Waals surface area contributed by atoms with Crippen LogP contribution >= 0.6 is 24.0 Å². The van der Waals surface area contributed by atoms with E-state index in [1.807, 2.05) is 41.8 Å². The second-order valence-electron chi connectivity index (χ2n) is 7.01. The zero-order chi connectivity index (χ0) is 18.9. The van der Waals surface area contributed by atoms with Gasteiger partial charge in [0.15, 0.2) is 0 Å². The number of thiazole rings is 1. The maximum atomic E-state index is 5.45. The number of nitrogens with one attached hydrogen (secondary N) is 1. The molecule has 0 unspecified atom stereocenters. The fourth-order valence-corrected chi connectivity index (χ4v) is 4.93. The van der Waals surface area contributed by atoms with E-state index in [0.717, 1.165) is 72.7 Å². The van der Waals surface area contributed by atoms with Gasteiger partial charge in [0.2, 0.25) is 5.95 Å². The maximum Gasteiger partial charge on any atom is 0.227 e. The second kappa shape index (κ2) is 7.79. The first-order chi connectivity index (χ1) is 13.7. The lowest BCUT2D eigenvalue weighted by atomic mass is 10.00. The summed E-state index contributed by atoms with van der Waals surface area (Å²) in [6, 6.07) is 7.84. The van der Waals surface area contributed by atoms with Gasteiger partial charge in [-0.25, -0.2) is 15.0 Å². The molecule has 1 aliphatic heterocycles. The van der Waals surface area contributed by atoms with Crippen LogP contribution in [0, 0.1) is 0 Å². The number of ether oxygens (including phenoxy) is 1. The summed E-state index contributed by atoms with van der Waals surface area (Å²) in [7, 11) is 0. The zero-order valence-electron chi connectivity index (χ0n) is 15.4. The van der Waals surface area contributed by atoms with Crippen molar-refractivity contribution >= 4 is 35.6 Å². The minimum Gasteiger partial charge on any atom is -0.379 e. The van der Waals surface area contributed by atoms with Gasteiger partial charge < -0.3 is 10.1 Å². The Morgan fingerprint density at radius 2 is 2.04 bits per heavy atom. The Hall–Kier alpha value is -2.00. The van der Waals surface area contributed by atoms with E-state index in [-0.39, 0.29) is 0 Å². The molecule has 3 heterocycles. The van der Waals surface area contributed by atoms with Crippen LogP contribution in [0.5, 0.6) is 0 Å². The van der Waals surface area contributed by atoms with Crippen LogP contribution < -0.4 is 5.32 Å². The van der Waals surface area contributed by atoms with Gasteiger partial charge in [-0.3, -0.25) is 4.90 Å². The molecule has 1 N–H and O–H groups in total. The van der Waals surface area contributed by atoms with Crippen molar-refractivity contribution in [3.8, 4) is 11.4 Å². The summed E-state index contributed by atoms with van der Waals surface area (Å²) >= 11 is 6.21. The lowest BCUT2D eigenvalue weighted by Gasteiger charge is -2.25. The van der Waals surface area contributed by atoms with Crippen LogP contribution in [0.3, 0.4) is 0 Å². The number of thiol groups is 1. The van der Waals surface area contributed by atoms with Crippen molar-refractivity contribution < 1.29 is 4.74 Å². The van der Waals surface area contributed by atoms with Crippen LogP contribution in [0.15, 0.2) is 35.4 Å². The van der Waals surface area contributed by atoms with Crippen LogP contribution in [0.1, 0.15) is 15.4 Å². The predicted molar refractivity (Wildman–Crippen MR) is 114 cm³/mol. The molecule has 0 radical (unpaired) electrons. The highest BCUT2D eigenvalue weighted by molar-refractivity contribution is 7.80. The number of aromatic nitrogens is 3. The zero-order valence-corrected chi connectivity index (χ0v) is 17.1. The van der Waals surface area contributed by atoms with Gasteiger partial charge in [-0.15, -0.1) is 24.0 Å². The van der Waals surface area contributed by atoms with Crippen molar-refractivity contribution in [2.24, 2.45) is 0 Å². The quantitative estimate of drug-likeness (QED) is 0.640. The van der Waals surface area contributed by atoms with Crippen LogP contribution in [0.4, 0.5) is 11.6 Å². The molecule has 0 amide bonds. The molecule has 1 aromatic carbocycles. The van der Waals surface area contributed by atoms with E-state index >= 15 is 0 Å². The standard InChI is InChI=1S/C20H21N5OS2/c27-15-3-1-2-14(10-15)22-20-21-11-13-4-5-16-19(18(13)24-20)23-17(28-16)12-25-6-8-26-9-7-25/h1-3,10-11,27H,4-9,12H2,(H,21,22,24). The van der Waals surface area contributed by atoms with Crippen molar-refractivity contribution in [1.29, 1.82) is 0 Å². The summed E-state index contributed by atoms with van der Waals surface area (Å²) in [6.45, 7) is 4.46.